The van der Waals surface area contributed by atoms with Crippen LogP contribution in [-0.4, -0.2) is 0 Å². The first-order chi connectivity index (χ1) is 14.2. The molecule has 3 aromatic rings. The Hall–Kier alpha value is -2.52. The van der Waals surface area contributed by atoms with E-state index in [4.69, 9.17) is 0 Å². The van der Waals surface area contributed by atoms with Gasteiger partial charge in [-0.1, -0.05) is 74.9 Å². The zero-order valence-corrected chi connectivity index (χ0v) is 17.9. The van der Waals surface area contributed by atoms with Crippen molar-refractivity contribution in [2.45, 2.75) is 64.7 Å². The highest BCUT2D eigenvalue weighted by molar-refractivity contribution is 5.84. The lowest BCUT2D eigenvalue weighted by Gasteiger charge is -2.28. The molecule has 0 heteroatoms. The van der Waals surface area contributed by atoms with Gasteiger partial charge in [0.25, 0.3) is 0 Å². The molecule has 0 radical (unpaired) electrons. The molecule has 3 aromatic carbocycles. The molecule has 1 aliphatic rings. The number of benzene rings is 3. The fraction of sp³-hybridized carbons (Fsp3) is 0.379. The van der Waals surface area contributed by atoms with Gasteiger partial charge in [0.15, 0.2) is 0 Å². The lowest BCUT2D eigenvalue weighted by Crippen LogP contribution is -2.13. The molecule has 148 valence electrons. The van der Waals surface area contributed by atoms with Crippen molar-refractivity contribution in [2.75, 3.05) is 0 Å². The van der Waals surface area contributed by atoms with Crippen molar-refractivity contribution in [1.82, 2.24) is 0 Å². The SMILES string of the molecule is CCCC1CCC(c2ccc(C#Cc3ccc4cc(CC)ccc4c3)cc2)CC1. The molecule has 0 atom stereocenters. The summed E-state index contributed by atoms with van der Waals surface area (Å²) < 4.78 is 0. The molecule has 1 fully saturated rings. The molecule has 29 heavy (non-hydrogen) atoms. The van der Waals surface area contributed by atoms with E-state index in [2.05, 4.69) is 86.4 Å². The molecule has 0 nitrogen and oxygen atoms in total. The van der Waals surface area contributed by atoms with Crippen LogP contribution in [0.1, 0.15) is 80.5 Å². The number of rotatable bonds is 4. The lowest BCUT2D eigenvalue weighted by molar-refractivity contribution is 0.308. The third kappa shape index (κ3) is 4.91. The number of fused-ring (bicyclic) bond motifs is 1. The molecular weight excluding hydrogens is 348 g/mol. The fourth-order valence-corrected chi connectivity index (χ4v) is 4.77. The normalized spacial score (nSPS) is 19.0. The van der Waals surface area contributed by atoms with Crippen LogP contribution in [-0.2, 0) is 6.42 Å². The fourth-order valence-electron chi connectivity index (χ4n) is 4.77. The average molecular weight is 381 g/mol. The molecule has 1 aliphatic carbocycles. The number of hydrogen-bond donors (Lipinski definition) is 0. The van der Waals surface area contributed by atoms with E-state index in [0.29, 0.717) is 0 Å². The van der Waals surface area contributed by atoms with Gasteiger partial charge in [0.1, 0.15) is 0 Å². The third-order valence-electron chi connectivity index (χ3n) is 6.59. The van der Waals surface area contributed by atoms with Gasteiger partial charge in [-0.25, -0.2) is 0 Å². The average Bonchev–Trinajstić information content (AvgIpc) is 2.78. The summed E-state index contributed by atoms with van der Waals surface area (Å²) in [5.41, 5.74) is 5.08. The predicted molar refractivity (Wildman–Crippen MR) is 125 cm³/mol. The summed E-state index contributed by atoms with van der Waals surface area (Å²) >= 11 is 0. The van der Waals surface area contributed by atoms with Crippen molar-refractivity contribution in [3.63, 3.8) is 0 Å². The van der Waals surface area contributed by atoms with Gasteiger partial charge in [0.2, 0.25) is 0 Å². The van der Waals surface area contributed by atoms with E-state index in [0.717, 1.165) is 29.4 Å². The Morgan fingerprint density at radius 3 is 2.10 bits per heavy atom. The van der Waals surface area contributed by atoms with Crippen molar-refractivity contribution >= 4 is 10.8 Å². The van der Waals surface area contributed by atoms with Crippen molar-refractivity contribution in [3.05, 3.63) is 82.9 Å². The van der Waals surface area contributed by atoms with E-state index < -0.39 is 0 Å². The minimum absolute atomic E-state index is 0.749. The van der Waals surface area contributed by atoms with Crippen molar-refractivity contribution in [2.24, 2.45) is 5.92 Å². The standard InChI is InChI=1S/C29H32/c1-3-5-23-9-14-26(15-10-23)27-16-11-24(12-17-27)6-7-25-13-19-28-20-22(4-2)8-18-29(28)21-25/h8,11-13,16-21,23,26H,3-5,9-10,14-15H2,1-2H3. The minimum atomic E-state index is 0.749. The van der Waals surface area contributed by atoms with Crippen molar-refractivity contribution in [1.29, 1.82) is 0 Å². The molecule has 0 spiro atoms. The van der Waals surface area contributed by atoms with E-state index in [-0.39, 0.29) is 0 Å². The molecule has 0 aliphatic heterocycles. The second-order valence-corrected chi connectivity index (χ2v) is 8.63. The monoisotopic (exact) mass is 380 g/mol. The van der Waals surface area contributed by atoms with E-state index >= 15 is 0 Å². The van der Waals surface area contributed by atoms with Crippen LogP contribution < -0.4 is 0 Å². The zero-order chi connectivity index (χ0) is 20.1. The largest absolute Gasteiger partial charge is 0.0654 e. The summed E-state index contributed by atoms with van der Waals surface area (Å²) in [4.78, 5) is 0. The Balaban J connectivity index is 1.43. The second kappa shape index (κ2) is 9.32. The van der Waals surface area contributed by atoms with E-state index in [9.17, 15) is 0 Å². The Kier molecular flexibility index (Phi) is 6.36. The van der Waals surface area contributed by atoms with Gasteiger partial charge in [-0.15, -0.1) is 0 Å². The summed E-state index contributed by atoms with van der Waals surface area (Å²) in [7, 11) is 0. The summed E-state index contributed by atoms with van der Waals surface area (Å²) in [6, 6.07) is 22.3. The van der Waals surface area contributed by atoms with Gasteiger partial charge in [0, 0.05) is 11.1 Å². The maximum Gasteiger partial charge on any atom is 0.0255 e. The van der Waals surface area contributed by atoms with E-state index in [1.165, 1.54) is 60.4 Å². The van der Waals surface area contributed by atoms with Crippen LogP contribution in [0.4, 0.5) is 0 Å². The lowest BCUT2D eigenvalue weighted by atomic mass is 9.77. The van der Waals surface area contributed by atoms with Gasteiger partial charge in [0.05, 0.1) is 0 Å². The Morgan fingerprint density at radius 1 is 0.724 bits per heavy atom. The van der Waals surface area contributed by atoms with Crippen LogP contribution in [0.15, 0.2) is 60.7 Å². The molecule has 0 amide bonds. The highest BCUT2D eigenvalue weighted by Crippen LogP contribution is 2.37. The van der Waals surface area contributed by atoms with Crippen LogP contribution in [0, 0.1) is 17.8 Å². The van der Waals surface area contributed by atoms with Crippen LogP contribution >= 0.6 is 0 Å². The summed E-state index contributed by atoms with van der Waals surface area (Å²) in [6.07, 6.45) is 9.34. The van der Waals surface area contributed by atoms with Crippen LogP contribution in [0.5, 0.6) is 0 Å². The van der Waals surface area contributed by atoms with E-state index in [1.54, 1.807) is 0 Å². The molecule has 4 rings (SSSR count). The molecule has 0 bridgehead atoms. The van der Waals surface area contributed by atoms with Crippen molar-refractivity contribution < 1.29 is 0 Å². The van der Waals surface area contributed by atoms with E-state index in [1.807, 2.05) is 0 Å². The molecule has 0 saturated heterocycles. The second-order valence-electron chi connectivity index (χ2n) is 8.63. The quantitative estimate of drug-likeness (QED) is 0.404. The third-order valence-corrected chi connectivity index (χ3v) is 6.59. The minimum Gasteiger partial charge on any atom is -0.0654 e. The van der Waals surface area contributed by atoms with Gasteiger partial charge < -0.3 is 0 Å². The molecule has 0 unspecified atom stereocenters. The first kappa shape index (κ1) is 19.8. The topological polar surface area (TPSA) is 0 Å². The summed E-state index contributed by atoms with van der Waals surface area (Å²) in [5.74, 6) is 8.42. The molecule has 0 aromatic heterocycles. The molecule has 0 heterocycles. The maximum absolute atomic E-state index is 3.35. The zero-order valence-electron chi connectivity index (χ0n) is 17.9. The van der Waals surface area contributed by atoms with Gasteiger partial charge in [-0.05, 0) is 90.1 Å². The van der Waals surface area contributed by atoms with Crippen LogP contribution in [0.25, 0.3) is 10.8 Å². The van der Waals surface area contributed by atoms with Crippen LogP contribution in [0.3, 0.4) is 0 Å². The highest BCUT2D eigenvalue weighted by atomic mass is 14.3. The summed E-state index contributed by atoms with van der Waals surface area (Å²) in [6.45, 7) is 4.51. The molecular formula is C29H32. The smallest absolute Gasteiger partial charge is 0.0255 e. The van der Waals surface area contributed by atoms with Gasteiger partial charge in [-0.2, -0.15) is 0 Å². The van der Waals surface area contributed by atoms with Crippen molar-refractivity contribution in [3.8, 4) is 11.8 Å². The maximum atomic E-state index is 3.35. The molecule has 0 N–H and O–H groups in total. The first-order valence-electron chi connectivity index (χ1n) is 11.4. The Bertz CT molecular complexity index is 1010. The first-order valence-corrected chi connectivity index (χ1v) is 11.4. The predicted octanol–water partition coefficient (Wildman–Crippen LogP) is 7.88. The van der Waals surface area contributed by atoms with Gasteiger partial charge >= 0.3 is 0 Å². The Morgan fingerprint density at radius 2 is 1.38 bits per heavy atom. The number of aryl methyl sites for hydroxylation is 1. The molecule has 1 saturated carbocycles. The number of hydrogen-bond acceptors (Lipinski definition) is 0. The Labute approximate surface area is 176 Å². The van der Waals surface area contributed by atoms with Crippen LogP contribution in [0.2, 0.25) is 0 Å². The highest BCUT2D eigenvalue weighted by Gasteiger charge is 2.21. The van der Waals surface area contributed by atoms with Gasteiger partial charge in [-0.3, -0.25) is 0 Å². The summed E-state index contributed by atoms with van der Waals surface area (Å²) in [5, 5.41) is 2.57.